The molecule has 4 rings (SSSR count). The zero-order valence-corrected chi connectivity index (χ0v) is 30.7. The van der Waals surface area contributed by atoms with Crippen LogP contribution in [-0.2, 0) is 44.5 Å². The second-order valence-electron chi connectivity index (χ2n) is 14.9. The fourth-order valence-corrected chi connectivity index (χ4v) is 10.4. The number of benzene rings is 1. The van der Waals surface area contributed by atoms with Gasteiger partial charge in [0.15, 0.2) is 6.10 Å². The van der Waals surface area contributed by atoms with Crippen molar-refractivity contribution in [3.8, 4) is 5.75 Å². The minimum Gasteiger partial charge on any atom is -0.496 e. The van der Waals surface area contributed by atoms with Gasteiger partial charge in [0.1, 0.15) is 24.1 Å². The number of hydrogen-bond acceptors (Lipinski definition) is 12. The Hall–Kier alpha value is -3.48. The number of carbonyl (C=O) groups excluding carboxylic acids is 4. The van der Waals surface area contributed by atoms with Gasteiger partial charge in [0.05, 0.1) is 24.7 Å². The van der Waals surface area contributed by atoms with Crippen molar-refractivity contribution in [1.82, 2.24) is 0 Å². The largest absolute Gasteiger partial charge is 0.496 e. The molecule has 0 radical (unpaired) electrons. The highest BCUT2D eigenvalue weighted by Gasteiger charge is 2.76. The van der Waals surface area contributed by atoms with E-state index in [1.807, 2.05) is 45.0 Å². The predicted octanol–water partition coefficient (Wildman–Crippen LogP) is 3.71. The first-order chi connectivity index (χ1) is 23.4. The van der Waals surface area contributed by atoms with Crippen molar-refractivity contribution in [2.75, 3.05) is 20.3 Å². The lowest BCUT2D eigenvalue weighted by molar-refractivity contribution is -0.315. The molecule has 0 heterocycles. The molecule has 0 amide bonds. The van der Waals surface area contributed by atoms with E-state index in [1.165, 1.54) is 27.7 Å². The molecule has 278 valence electrons. The van der Waals surface area contributed by atoms with Crippen LogP contribution in [-0.4, -0.2) is 89.5 Å². The van der Waals surface area contributed by atoms with Gasteiger partial charge in [-0.05, 0) is 68.2 Å². The third kappa shape index (κ3) is 6.43. The highest BCUT2D eigenvalue weighted by Crippen LogP contribution is 2.71. The van der Waals surface area contributed by atoms with Crippen LogP contribution in [0.3, 0.4) is 0 Å². The van der Waals surface area contributed by atoms with Gasteiger partial charge in [-0.15, -0.1) is 0 Å². The Morgan fingerprint density at radius 1 is 0.940 bits per heavy atom. The average Bonchev–Trinajstić information content (AvgIpc) is 3.02. The molecule has 12 nitrogen and oxygen atoms in total. The number of para-hydroxylation sites is 1. The van der Waals surface area contributed by atoms with Crippen molar-refractivity contribution in [2.24, 2.45) is 34.0 Å². The summed E-state index contributed by atoms with van der Waals surface area (Å²) >= 11 is 0. The van der Waals surface area contributed by atoms with E-state index in [4.69, 9.17) is 23.7 Å². The maximum absolute atomic E-state index is 13.0. The summed E-state index contributed by atoms with van der Waals surface area (Å²) in [5.74, 6) is -4.28. The molecule has 50 heavy (non-hydrogen) atoms. The lowest BCUT2D eigenvalue weighted by atomic mass is 9.35. The molecule has 12 heteroatoms. The van der Waals surface area contributed by atoms with Crippen LogP contribution in [0, 0.1) is 34.0 Å². The Morgan fingerprint density at radius 2 is 1.56 bits per heavy atom. The number of carbonyl (C=O) groups is 4. The molecular weight excluding hydrogens is 648 g/mol. The molecule has 0 saturated heterocycles. The summed E-state index contributed by atoms with van der Waals surface area (Å²) in [4.78, 5) is 51.0. The van der Waals surface area contributed by atoms with Crippen molar-refractivity contribution in [1.29, 1.82) is 0 Å². The molecule has 0 aliphatic heterocycles. The van der Waals surface area contributed by atoms with E-state index in [2.05, 4.69) is 0 Å². The molecule has 3 aliphatic carbocycles. The molecule has 0 bridgehead atoms. The smallest absolute Gasteiger partial charge is 0.303 e. The second kappa shape index (κ2) is 14.6. The maximum Gasteiger partial charge on any atom is 0.303 e. The normalized spacial score (nSPS) is 36.8. The quantitative estimate of drug-likeness (QED) is 0.174. The molecule has 2 saturated carbocycles. The summed E-state index contributed by atoms with van der Waals surface area (Å²) in [6.45, 7) is 10.9. The minimum absolute atomic E-state index is 0.283. The number of esters is 4. The van der Waals surface area contributed by atoms with Gasteiger partial charge in [-0.3, -0.25) is 19.2 Å². The number of hydrogen-bond donors (Lipinski definition) is 3. The first-order valence-electron chi connectivity index (χ1n) is 17.3. The van der Waals surface area contributed by atoms with Crippen molar-refractivity contribution >= 4 is 23.9 Å². The monoisotopic (exact) mass is 702 g/mol. The van der Waals surface area contributed by atoms with E-state index in [-0.39, 0.29) is 6.42 Å². The maximum atomic E-state index is 13.0. The third-order valence-corrected chi connectivity index (χ3v) is 12.4. The van der Waals surface area contributed by atoms with E-state index in [0.717, 1.165) is 5.56 Å². The summed E-state index contributed by atoms with van der Waals surface area (Å²) in [5.41, 5.74) is -3.75. The number of aliphatic hydroxyl groups is 3. The van der Waals surface area contributed by atoms with Crippen LogP contribution in [0.5, 0.6) is 5.75 Å². The lowest BCUT2D eigenvalue weighted by Crippen LogP contribution is -2.77. The standard InChI is InChI=1S/C38H54O12/c1-21-18-31(48-24(4)42)36(8)29(38(21,45)17-14-27-12-10-11-13-28(27)46-9)15-16-35(7)30(19-39)37(20-40,22(2)47-23(3)41)34(50-26(6)44)32(33(35)36)49-25(5)43/h10-13,18,22,29-34,39-40,45H,14-17,19-20H2,1-9H3. The first-order valence-corrected chi connectivity index (χ1v) is 17.3. The lowest BCUT2D eigenvalue weighted by Gasteiger charge is -2.71. The Kier molecular flexibility index (Phi) is 11.5. The summed E-state index contributed by atoms with van der Waals surface area (Å²) < 4.78 is 29.5. The summed E-state index contributed by atoms with van der Waals surface area (Å²) in [6.07, 6.45) is -1.50. The van der Waals surface area contributed by atoms with Gasteiger partial charge in [-0.1, -0.05) is 32.0 Å². The number of ether oxygens (including phenoxy) is 5. The number of aryl methyl sites for hydroxylation is 1. The van der Waals surface area contributed by atoms with Crippen LogP contribution >= 0.6 is 0 Å². The van der Waals surface area contributed by atoms with E-state index < -0.39 is 101 Å². The van der Waals surface area contributed by atoms with E-state index in [0.29, 0.717) is 30.6 Å². The third-order valence-electron chi connectivity index (χ3n) is 12.4. The summed E-state index contributed by atoms with van der Waals surface area (Å²) in [5, 5.41) is 35.5. The number of aliphatic hydroxyl groups excluding tert-OH is 2. The van der Waals surface area contributed by atoms with Crippen LogP contribution < -0.4 is 4.74 Å². The van der Waals surface area contributed by atoms with Crippen LogP contribution in [0.25, 0.3) is 0 Å². The van der Waals surface area contributed by atoms with Gasteiger partial charge in [-0.25, -0.2) is 0 Å². The summed E-state index contributed by atoms with van der Waals surface area (Å²) in [6, 6.07) is 7.57. The number of fused-ring (bicyclic) bond motifs is 3. The minimum atomic E-state index is -1.63. The fourth-order valence-electron chi connectivity index (χ4n) is 10.4. The Labute approximate surface area is 294 Å². The molecule has 1 aromatic carbocycles. The molecule has 0 aromatic heterocycles. The molecule has 11 atom stereocenters. The highest BCUT2D eigenvalue weighted by atomic mass is 16.6. The Morgan fingerprint density at radius 3 is 2.10 bits per heavy atom. The molecule has 0 spiro atoms. The van der Waals surface area contributed by atoms with Crippen LogP contribution in [0.1, 0.15) is 80.2 Å². The van der Waals surface area contributed by atoms with E-state index in [9.17, 15) is 34.5 Å². The Bertz CT molecular complexity index is 1490. The SMILES string of the molecule is COc1ccccc1CCC1(O)C(C)=CC(OC(C)=O)C2(C)C1CCC1(C)C2C(OC(C)=O)C(OC(C)=O)C(CO)(C(C)OC(C)=O)C1CO. The molecular formula is C38H54O12. The molecule has 2 fully saturated rings. The van der Waals surface area contributed by atoms with Crippen LogP contribution in [0.15, 0.2) is 35.9 Å². The van der Waals surface area contributed by atoms with E-state index >= 15 is 0 Å². The van der Waals surface area contributed by atoms with Gasteiger partial charge < -0.3 is 39.0 Å². The van der Waals surface area contributed by atoms with Crippen LogP contribution in [0.2, 0.25) is 0 Å². The van der Waals surface area contributed by atoms with Gasteiger partial charge in [0.25, 0.3) is 0 Å². The second-order valence-corrected chi connectivity index (χ2v) is 14.9. The number of rotatable bonds is 11. The van der Waals surface area contributed by atoms with Crippen LogP contribution in [0.4, 0.5) is 0 Å². The molecule has 1 aromatic rings. The van der Waals surface area contributed by atoms with Crippen molar-refractivity contribution in [3.63, 3.8) is 0 Å². The van der Waals surface area contributed by atoms with E-state index in [1.54, 1.807) is 20.1 Å². The topological polar surface area (TPSA) is 175 Å². The highest BCUT2D eigenvalue weighted by molar-refractivity contribution is 5.68. The van der Waals surface area contributed by atoms with Crippen molar-refractivity contribution in [3.05, 3.63) is 41.5 Å². The zero-order valence-electron chi connectivity index (χ0n) is 30.7. The number of methoxy groups -OCH3 is 1. The molecule has 11 unspecified atom stereocenters. The molecule has 3 aliphatic rings. The van der Waals surface area contributed by atoms with Gasteiger partial charge in [-0.2, -0.15) is 0 Å². The fraction of sp³-hybridized carbons (Fsp3) is 0.684. The van der Waals surface area contributed by atoms with Gasteiger partial charge in [0, 0.05) is 57.5 Å². The first kappa shape index (κ1) is 39.3. The molecule has 3 N–H and O–H groups in total. The average molecular weight is 703 g/mol. The van der Waals surface area contributed by atoms with Gasteiger partial charge >= 0.3 is 23.9 Å². The summed E-state index contributed by atoms with van der Waals surface area (Å²) in [7, 11) is 1.59. The van der Waals surface area contributed by atoms with Crippen molar-refractivity contribution in [2.45, 2.75) is 111 Å². The van der Waals surface area contributed by atoms with Gasteiger partial charge in [0.2, 0.25) is 0 Å². The Balaban J connectivity index is 2.02. The van der Waals surface area contributed by atoms with Crippen molar-refractivity contribution < 1.29 is 58.2 Å². The predicted molar refractivity (Wildman–Crippen MR) is 180 cm³/mol. The zero-order chi connectivity index (χ0) is 37.4.